The Morgan fingerprint density at radius 1 is 1.22 bits per heavy atom. The minimum Gasteiger partial charge on any atom is -0.508 e. The Balaban J connectivity index is 1.99. The van der Waals surface area contributed by atoms with Gasteiger partial charge in [0.1, 0.15) is 29.5 Å². The highest BCUT2D eigenvalue weighted by atomic mass is 35.5. The molecule has 32 heavy (non-hydrogen) atoms. The smallest absolute Gasteiger partial charge is 0.249 e. The molecule has 2 aromatic carbocycles. The van der Waals surface area contributed by atoms with Crippen LogP contribution in [0.15, 0.2) is 48.5 Å². The van der Waals surface area contributed by atoms with Gasteiger partial charge in [0.2, 0.25) is 5.91 Å². The molecule has 1 atom stereocenters. The minimum absolute atomic E-state index is 0.116. The Morgan fingerprint density at radius 3 is 2.44 bits per heavy atom. The number of aromatic nitrogens is 1. The van der Waals surface area contributed by atoms with Gasteiger partial charge in [0.15, 0.2) is 0 Å². The molecule has 3 rings (SSSR count). The number of aromatic hydroxyl groups is 1. The molecule has 0 saturated heterocycles. The lowest BCUT2D eigenvalue weighted by molar-refractivity contribution is -0.119. The number of nitrogens with zero attached hydrogens (tertiary/aromatic N) is 3. The summed E-state index contributed by atoms with van der Waals surface area (Å²) in [5, 5.41) is 22.7. The van der Waals surface area contributed by atoms with Crippen molar-refractivity contribution in [3.63, 3.8) is 0 Å². The summed E-state index contributed by atoms with van der Waals surface area (Å²) in [4.78, 5) is 19.2. The number of benzene rings is 2. The zero-order chi connectivity index (χ0) is 23.4. The number of carbonyl (C=O) groups is 1. The predicted molar refractivity (Wildman–Crippen MR) is 122 cm³/mol. The van der Waals surface area contributed by atoms with Gasteiger partial charge in [-0.15, -0.1) is 0 Å². The Bertz CT molecular complexity index is 1170. The summed E-state index contributed by atoms with van der Waals surface area (Å²) >= 11 is 6.25. The van der Waals surface area contributed by atoms with Crippen LogP contribution in [0.2, 0.25) is 5.02 Å². The lowest BCUT2D eigenvalue weighted by Crippen LogP contribution is -2.42. The number of likely N-dealkylation sites (N-methyl/N-ethyl adjacent to an activating group) is 1. The van der Waals surface area contributed by atoms with Gasteiger partial charge in [-0.2, -0.15) is 5.26 Å². The van der Waals surface area contributed by atoms with Crippen molar-refractivity contribution in [3.05, 3.63) is 81.8 Å². The van der Waals surface area contributed by atoms with Crippen molar-refractivity contribution < 1.29 is 14.3 Å². The summed E-state index contributed by atoms with van der Waals surface area (Å²) in [5.41, 5.74) is 2.68. The molecule has 164 valence electrons. The Morgan fingerprint density at radius 2 is 1.84 bits per heavy atom. The van der Waals surface area contributed by atoms with Crippen LogP contribution in [-0.4, -0.2) is 29.1 Å². The molecule has 0 bridgehead atoms. The fraction of sp³-hybridized carbons (Fsp3) is 0.208. The summed E-state index contributed by atoms with van der Waals surface area (Å²) in [7, 11) is 1.60. The Labute approximate surface area is 190 Å². The van der Waals surface area contributed by atoms with Gasteiger partial charge in [0, 0.05) is 19.2 Å². The fourth-order valence-electron chi connectivity index (χ4n) is 3.33. The van der Waals surface area contributed by atoms with Gasteiger partial charge in [-0.3, -0.25) is 4.79 Å². The highest BCUT2D eigenvalue weighted by molar-refractivity contribution is 6.32. The van der Waals surface area contributed by atoms with Gasteiger partial charge in [0.05, 0.1) is 16.3 Å². The van der Waals surface area contributed by atoms with Crippen LogP contribution in [0.25, 0.3) is 0 Å². The number of carbonyl (C=O) groups excluding carboxylic acids is 1. The number of anilines is 2. The zero-order valence-electron chi connectivity index (χ0n) is 17.9. The van der Waals surface area contributed by atoms with Gasteiger partial charge in [-0.05, 0) is 61.4 Å². The third-order valence-corrected chi connectivity index (χ3v) is 5.74. The molecule has 0 aliphatic heterocycles. The summed E-state index contributed by atoms with van der Waals surface area (Å²) in [6.45, 7) is 3.45. The number of phenolic OH excluding ortho intramolecular Hbond substituents is 1. The van der Waals surface area contributed by atoms with Crippen molar-refractivity contribution in [1.82, 2.24) is 4.98 Å². The van der Waals surface area contributed by atoms with E-state index in [4.69, 9.17) is 11.6 Å². The van der Waals surface area contributed by atoms with E-state index in [0.29, 0.717) is 22.0 Å². The maximum absolute atomic E-state index is 13.4. The number of pyridine rings is 1. The molecule has 0 radical (unpaired) electrons. The number of aryl methyl sites for hydroxylation is 1. The number of nitrogens with one attached hydrogen (secondary N) is 1. The van der Waals surface area contributed by atoms with Crippen molar-refractivity contribution in [3.8, 4) is 11.8 Å². The second kappa shape index (κ2) is 9.67. The molecule has 6 nitrogen and oxygen atoms in total. The molecule has 1 amide bonds. The van der Waals surface area contributed by atoms with Crippen molar-refractivity contribution in [2.24, 2.45) is 0 Å². The summed E-state index contributed by atoms with van der Waals surface area (Å²) in [6.07, 6.45) is 0.262. The molecule has 0 aliphatic rings. The number of hydrogen-bond acceptors (Lipinski definition) is 5. The molecule has 0 saturated carbocycles. The van der Waals surface area contributed by atoms with E-state index in [2.05, 4.69) is 16.4 Å². The number of halogens is 2. The largest absolute Gasteiger partial charge is 0.508 e. The number of phenols is 1. The van der Waals surface area contributed by atoms with Gasteiger partial charge in [-0.1, -0.05) is 23.7 Å². The Kier molecular flexibility index (Phi) is 6.96. The lowest BCUT2D eigenvalue weighted by atomic mass is 10.0. The molecule has 2 N–H and O–H groups in total. The molecule has 1 heterocycles. The average molecular weight is 453 g/mol. The van der Waals surface area contributed by atoms with E-state index in [1.165, 1.54) is 41.3 Å². The first-order valence-electron chi connectivity index (χ1n) is 9.85. The number of hydrogen-bond donors (Lipinski definition) is 2. The van der Waals surface area contributed by atoms with Crippen LogP contribution < -0.4 is 10.2 Å². The first-order chi connectivity index (χ1) is 15.2. The van der Waals surface area contributed by atoms with Crippen molar-refractivity contribution >= 4 is 29.0 Å². The van der Waals surface area contributed by atoms with Crippen LogP contribution in [0.1, 0.15) is 22.4 Å². The SMILES string of the molecule is Cc1nc(N[C@@H](Cc2ccc(O)cc2)C(=O)N(C)c2ccc(F)cc2)c(C#N)c(C)c1Cl. The lowest BCUT2D eigenvalue weighted by Gasteiger charge is -2.26. The molecular weight excluding hydrogens is 431 g/mol. The summed E-state index contributed by atoms with van der Waals surface area (Å²) < 4.78 is 13.3. The molecule has 8 heteroatoms. The third-order valence-electron chi connectivity index (χ3n) is 5.18. The maximum atomic E-state index is 13.4. The second-order valence-corrected chi connectivity index (χ2v) is 7.79. The topological polar surface area (TPSA) is 89.2 Å². The van der Waals surface area contributed by atoms with E-state index in [1.54, 1.807) is 33.0 Å². The van der Waals surface area contributed by atoms with Gasteiger partial charge in [0.25, 0.3) is 0 Å². The second-order valence-electron chi connectivity index (χ2n) is 7.41. The monoisotopic (exact) mass is 452 g/mol. The first-order valence-corrected chi connectivity index (χ1v) is 10.2. The highest BCUT2D eigenvalue weighted by Gasteiger charge is 2.26. The number of nitriles is 1. The van der Waals surface area contributed by atoms with Crippen molar-refractivity contribution in [2.75, 3.05) is 17.3 Å². The number of amides is 1. The normalized spacial score (nSPS) is 11.5. The first kappa shape index (κ1) is 23.0. The molecule has 3 aromatic rings. The van der Waals surface area contributed by atoms with Gasteiger partial charge < -0.3 is 15.3 Å². The predicted octanol–water partition coefficient (Wildman–Crippen LogP) is 4.75. The zero-order valence-corrected chi connectivity index (χ0v) is 18.6. The van der Waals surface area contributed by atoms with E-state index in [1.807, 2.05) is 0 Å². The van der Waals surface area contributed by atoms with E-state index >= 15 is 0 Å². The van der Waals surface area contributed by atoms with E-state index in [9.17, 15) is 19.6 Å². The van der Waals surface area contributed by atoms with Gasteiger partial charge >= 0.3 is 0 Å². The van der Waals surface area contributed by atoms with Crippen LogP contribution in [0.4, 0.5) is 15.9 Å². The van der Waals surface area contributed by atoms with Crippen LogP contribution in [0.5, 0.6) is 5.75 Å². The van der Waals surface area contributed by atoms with Crippen LogP contribution in [0, 0.1) is 31.0 Å². The fourth-order valence-corrected chi connectivity index (χ4v) is 3.47. The molecule has 0 aliphatic carbocycles. The van der Waals surface area contributed by atoms with Gasteiger partial charge in [-0.25, -0.2) is 9.37 Å². The number of rotatable bonds is 6. The van der Waals surface area contributed by atoms with Crippen LogP contribution >= 0.6 is 11.6 Å². The summed E-state index contributed by atoms with van der Waals surface area (Å²) in [5.74, 6) is -0.328. The Hall–Kier alpha value is -3.63. The quantitative estimate of drug-likeness (QED) is 0.563. The molecular formula is C24H22ClFN4O2. The minimum atomic E-state index is -0.797. The maximum Gasteiger partial charge on any atom is 0.249 e. The van der Waals surface area contributed by atoms with Crippen molar-refractivity contribution in [2.45, 2.75) is 26.3 Å². The molecule has 1 aromatic heterocycles. The molecule has 0 spiro atoms. The van der Waals surface area contributed by atoms with Crippen LogP contribution in [0.3, 0.4) is 0 Å². The molecule has 0 unspecified atom stereocenters. The van der Waals surface area contributed by atoms with E-state index in [-0.39, 0.29) is 29.5 Å². The summed E-state index contributed by atoms with van der Waals surface area (Å²) in [6, 6.07) is 13.4. The average Bonchev–Trinajstić information content (AvgIpc) is 2.78. The molecule has 0 fully saturated rings. The highest BCUT2D eigenvalue weighted by Crippen LogP contribution is 2.28. The van der Waals surface area contributed by atoms with Crippen molar-refractivity contribution in [1.29, 1.82) is 5.26 Å². The van der Waals surface area contributed by atoms with Crippen LogP contribution in [-0.2, 0) is 11.2 Å². The third kappa shape index (κ3) is 4.98. The van der Waals surface area contributed by atoms with E-state index in [0.717, 1.165) is 5.56 Å². The standard InChI is InChI=1S/C24H22ClFN4O2/c1-14-20(13-27)23(28-15(2)22(14)25)29-21(12-16-4-10-19(31)11-5-16)24(32)30(3)18-8-6-17(26)7-9-18/h4-11,21,31H,12H2,1-3H3,(H,28,29)/t21-/m0/s1. The van der Waals surface area contributed by atoms with E-state index < -0.39 is 11.9 Å².